The molecule has 3 heterocycles. The number of carbonyl (C=O) groups excluding carboxylic acids is 1. The Labute approximate surface area is 205 Å². The van der Waals surface area contributed by atoms with Crippen LogP contribution in [0.3, 0.4) is 0 Å². The molecule has 2 aromatic carbocycles. The minimum absolute atomic E-state index is 0.108. The van der Waals surface area contributed by atoms with Gasteiger partial charge in [0.05, 0.1) is 21.5 Å². The highest BCUT2D eigenvalue weighted by atomic mass is 35.5. The number of fused-ring (bicyclic) bond motifs is 1. The van der Waals surface area contributed by atoms with E-state index in [4.69, 9.17) is 11.6 Å². The van der Waals surface area contributed by atoms with E-state index in [2.05, 4.69) is 19.6 Å². The van der Waals surface area contributed by atoms with Crippen LogP contribution in [0.1, 0.15) is 10.4 Å². The average Bonchev–Trinajstić information content (AvgIpc) is 3.28. The van der Waals surface area contributed by atoms with E-state index in [0.29, 0.717) is 36.8 Å². The third-order valence-corrected chi connectivity index (χ3v) is 8.09. The summed E-state index contributed by atoms with van der Waals surface area (Å²) in [6, 6.07) is 16.9. The lowest BCUT2D eigenvalue weighted by atomic mass is 10.1. The second-order valence-electron chi connectivity index (χ2n) is 7.71. The van der Waals surface area contributed by atoms with Crippen LogP contribution in [0.2, 0.25) is 5.02 Å². The number of hydrogen-bond donors (Lipinski definition) is 1. The number of thiazole rings is 1. The summed E-state index contributed by atoms with van der Waals surface area (Å²) in [5, 5.41) is 1.46. The second kappa shape index (κ2) is 9.21. The van der Waals surface area contributed by atoms with Gasteiger partial charge in [0.15, 0.2) is 10.2 Å². The first-order chi connectivity index (χ1) is 16.4. The molecule has 1 aliphatic rings. The van der Waals surface area contributed by atoms with Gasteiger partial charge in [-0.1, -0.05) is 41.1 Å². The van der Waals surface area contributed by atoms with Crippen LogP contribution in [0.5, 0.6) is 0 Å². The van der Waals surface area contributed by atoms with Crippen molar-refractivity contribution in [2.75, 3.05) is 35.8 Å². The third kappa shape index (κ3) is 4.56. The third-order valence-electron chi connectivity index (χ3n) is 5.49. The highest BCUT2D eigenvalue weighted by molar-refractivity contribution is 7.92. The number of aromatic nitrogens is 2. The number of sulfonamides is 1. The van der Waals surface area contributed by atoms with E-state index < -0.39 is 10.0 Å². The van der Waals surface area contributed by atoms with Crippen LogP contribution >= 0.6 is 22.9 Å². The number of para-hydroxylation sites is 1. The molecule has 1 N–H and O–H groups in total. The van der Waals surface area contributed by atoms with Crippen molar-refractivity contribution >= 4 is 59.9 Å². The maximum absolute atomic E-state index is 13.3. The monoisotopic (exact) mass is 513 g/mol. The van der Waals surface area contributed by atoms with Crippen molar-refractivity contribution in [3.8, 4) is 0 Å². The van der Waals surface area contributed by atoms with Crippen LogP contribution < -0.4 is 9.62 Å². The van der Waals surface area contributed by atoms with Gasteiger partial charge in [-0.25, -0.2) is 9.97 Å². The number of rotatable bonds is 5. The van der Waals surface area contributed by atoms with Crippen LogP contribution in [0, 0.1) is 0 Å². The Hall–Kier alpha value is -3.21. The van der Waals surface area contributed by atoms with Crippen molar-refractivity contribution in [1.29, 1.82) is 0 Å². The Morgan fingerprint density at radius 1 is 1.00 bits per heavy atom. The molecule has 5 rings (SSSR count). The average molecular weight is 514 g/mol. The van der Waals surface area contributed by atoms with Crippen LogP contribution in [0.15, 0.2) is 71.9 Å². The van der Waals surface area contributed by atoms with Gasteiger partial charge in [0, 0.05) is 37.4 Å². The lowest BCUT2D eigenvalue weighted by molar-refractivity contribution is 0.0748. The van der Waals surface area contributed by atoms with Crippen molar-refractivity contribution in [3.63, 3.8) is 0 Å². The molecule has 4 aromatic rings. The van der Waals surface area contributed by atoms with Crippen LogP contribution in [-0.2, 0) is 10.0 Å². The van der Waals surface area contributed by atoms with Gasteiger partial charge in [-0.05, 0) is 42.5 Å². The predicted molar refractivity (Wildman–Crippen MR) is 134 cm³/mol. The van der Waals surface area contributed by atoms with Crippen molar-refractivity contribution in [1.82, 2.24) is 14.9 Å². The number of amides is 1. The van der Waals surface area contributed by atoms with E-state index in [9.17, 15) is 13.2 Å². The number of hydrogen-bond acceptors (Lipinski definition) is 7. The lowest BCUT2D eigenvalue weighted by Crippen LogP contribution is -2.48. The molecule has 2 aromatic heterocycles. The molecule has 1 saturated heterocycles. The number of piperazine rings is 1. The summed E-state index contributed by atoms with van der Waals surface area (Å²) in [5.41, 5.74) is 1.42. The van der Waals surface area contributed by atoms with Gasteiger partial charge in [-0.15, -0.1) is 0 Å². The van der Waals surface area contributed by atoms with E-state index in [-0.39, 0.29) is 16.6 Å². The van der Waals surface area contributed by atoms with E-state index in [1.165, 1.54) is 12.3 Å². The van der Waals surface area contributed by atoms with Crippen LogP contribution in [0.4, 0.5) is 10.8 Å². The van der Waals surface area contributed by atoms with Gasteiger partial charge in [0.2, 0.25) is 0 Å². The zero-order valence-electron chi connectivity index (χ0n) is 17.9. The summed E-state index contributed by atoms with van der Waals surface area (Å²) in [5.74, 6) is -0.227. The second-order valence-corrected chi connectivity index (χ2v) is 10.8. The Bertz CT molecular complexity index is 1450. The molecule has 0 unspecified atom stereocenters. The zero-order chi connectivity index (χ0) is 23.7. The highest BCUT2D eigenvalue weighted by Gasteiger charge is 2.26. The maximum atomic E-state index is 13.3. The molecule has 1 amide bonds. The van der Waals surface area contributed by atoms with Crippen LogP contribution in [-0.4, -0.2) is 55.4 Å². The molecule has 1 aliphatic heterocycles. The summed E-state index contributed by atoms with van der Waals surface area (Å²) in [6.07, 6.45) is 1.41. The first kappa shape index (κ1) is 22.6. The van der Waals surface area contributed by atoms with Gasteiger partial charge in [0.25, 0.3) is 15.9 Å². The number of carbonyl (C=O) groups is 1. The normalized spacial score (nSPS) is 14.4. The fourth-order valence-electron chi connectivity index (χ4n) is 3.75. The van der Waals surface area contributed by atoms with Crippen molar-refractivity contribution < 1.29 is 13.2 Å². The number of anilines is 2. The summed E-state index contributed by atoms with van der Waals surface area (Å²) in [4.78, 5) is 25.8. The zero-order valence-corrected chi connectivity index (χ0v) is 20.3. The summed E-state index contributed by atoms with van der Waals surface area (Å²) in [7, 11) is -3.92. The number of nitrogens with one attached hydrogen (secondary N) is 1. The number of halogens is 1. The SMILES string of the molecule is O=C(c1ccccc1NS(=O)(=O)c1ccccn1)N1CCN(c2nc3ccc(Cl)cc3s2)CC1. The van der Waals surface area contributed by atoms with Gasteiger partial charge < -0.3 is 9.80 Å². The first-order valence-electron chi connectivity index (χ1n) is 10.5. The molecule has 0 atom stereocenters. The Morgan fingerprint density at radius 3 is 2.53 bits per heavy atom. The standard InChI is InChI=1S/C23H20ClN5O3S2/c24-16-8-9-19-20(15-16)33-23(26-19)29-13-11-28(12-14-29)22(30)17-5-1-2-6-18(17)27-34(31,32)21-7-3-4-10-25-21/h1-10,15,27H,11-14H2. The molecule has 0 spiro atoms. The Kier molecular flexibility index (Phi) is 6.11. The Balaban J connectivity index is 1.30. The van der Waals surface area contributed by atoms with Gasteiger partial charge >= 0.3 is 0 Å². The van der Waals surface area contributed by atoms with E-state index >= 15 is 0 Å². The largest absolute Gasteiger partial charge is 0.345 e. The molecule has 0 bridgehead atoms. The van der Waals surface area contributed by atoms with Gasteiger partial charge in [0.1, 0.15) is 0 Å². The molecule has 11 heteroatoms. The molecule has 1 fully saturated rings. The minimum atomic E-state index is -3.92. The molecule has 0 aliphatic carbocycles. The van der Waals surface area contributed by atoms with E-state index in [1.807, 2.05) is 18.2 Å². The quantitative estimate of drug-likeness (QED) is 0.431. The van der Waals surface area contributed by atoms with Gasteiger partial charge in [-0.2, -0.15) is 8.42 Å². The molecule has 0 radical (unpaired) electrons. The summed E-state index contributed by atoms with van der Waals surface area (Å²) in [6.45, 7) is 2.25. The topological polar surface area (TPSA) is 95.5 Å². The van der Waals surface area contributed by atoms with Crippen molar-refractivity contribution in [2.24, 2.45) is 0 Å². The molecule has 34 heavy (non-hydrogen) atoms. The van der Waals surface area contributed by atoms with Crippen molar-refractivity contribution in [2.45, 2.75) is 5.03 Å². The molecule has 8 nitrogen and oxygen atoms in total. The smallest absolute Gasteiger partial charge is 0.279 e. The number of nitrogens with zero attached hydrogens (tertiary/aromatic N) is 4. The fraction of sp³-hybridized carbons (Fsp3) is 0.174. The summed E-state index contributed by atoms with van der Waals surface area (Å²) >= 11 is 7.66. The molecular formula is C23H20ClN5O3S2. The first-order valence-corrected chi connectivity index (χ1v) is 13.2. The fourth-order valence-corrected chi connectivity index (χ4v) is 6.08. The number of benzene rings is 2. The van der Waals surface area contributed by atoms with Crippen molar-refractivity contribution in [3.05, 3.63) is 77.4 Å². The van der Waals surface area contributed by atoms with E-state index in [0.717, 1.165) is 15.3 Å². The number of pyridine rings is 1. The van der Waals surface area contributed by atoms with Crippen LogP contribution in [0.25, 0.3) is 10.2 Å². The summed E-state index contributed by atoms with van der Waals surface area (Å²) < 4.78 is 29.0. The highest BCUT2D eigenvalue weighted by Crippen LogP contribution is 2.31. The molecule has 0 saturated carbocycles. The minimum Gasteiger partial charge on any atom is -0.345 e. The molecular weight excluding hydrogens is 494 g/mol. The predicted octanol–water partition coefficient (Wildman–Crippen LogP) is 4.11. The lowest BCUT2D eigenvalue weighted by Gasteiger charge is -2.34. The molecule has 174 valence electrons. The van der Waals surface area contributed by atoms with E-state index in [1.54, 1.807) is 52.6 Å². The Morgan fingerprint density at radius 2 is 1.76 bits per heavy atom. The van der Waals surface area contributed by atoms with Gasteiger partial charge in [-0.3, -0.25) is 9.52 Å². The maximum Gasteiger partial charge on any atom is 0.279 e.